The Balaban J connectivity index is 2.48. The fraction of sp³-hybridized carbons (Fsp3) is 0.412. The zero-order chi connectivity index (χ0) is 13.1. The summed E-state index contributed by atoms with van der Waals surface area (Å²) in [5.41, 5.74) is 0. The minimum Gasteiger partial charge on any atom is -0.103 e. The van der Waals surface area contributed by atoms with Gasteiger partial charge in [-0.05, 0) is 36.3 Å². The second-order valence-electron chi connectivity index (χ2n) is 4.42. The number of allylic oxidation sites excluding steroid dienone is 3. The van der Waals surface area contributed by atoms with Gasteiger partial charge >= 0.3 is 0 Å². The SMILES string of the molecule is C=CC/C=C(\CCCCCC)Sc1ccccc1. The molecule has 0 aromatic heterocycles. The number of hydrogen-bond donors (Lipinski definition) is 0. The van der Waals surface area contributed by atoms with Crippen LogP contribution in [0.5, 0.6) is 0 Å². The van der Waals surface area contributed by atoms with Crippen molar-refractivity contribution in [3.05, 3.63) is 54.0 Å². The molecule has 98 valence electrons. The van der Waals surface area contributed by atoms with Gasteiger partial charge in [-0.15, -0.1) is 6.58 Å². The molecule has 0 radical (unpaired) electrons. The molecule has 1 aromatic rings. The van der Waals surface area contributed by atoms with Gasteiger partial charge in [0.15, 0.2) is 0 Å². The van der Waals surface area contributed by atoms with E-state index >= 15 is 0 Å². The summed E-state index contributed by atoms with van der Waals surface area (Å²) in [6.45, 7) is 6.05. The summed E-state index contributed by atoms with van der Waals surface area (Å²) < 4.78 is 0. The Morgan fingerprint density at radius 1 is 1.17 bits per heavy atom. The van der Waals surface area contributed by atoms with Gasteiger partial charge in [0.2, 0.25) is 0 Å². The molecule has 0 aliphatic rings. The zero-order valence-corrected chi connectivity index (χ0v) is 12.2. The van der Waals surface area contributed by atoms with Crippen LogP contribution in [0.15, 0.2) is 58.9 Å². The van der Waals surface area contributed by atoms with Gasteiger partial charge in [-0.3, -0.25) is 0 Å². The quantitative estimate of drug-likeness (QED) is 0.289. The Morgan fingerprint density at radius 2 is 1.94 bits per heavy atom. The number of rotatable bonds is 9. The van der Waals surface area contributed by atoms with Crippen molar-refractivity contribution in [3.63, 3.8) is 0 Å². The molecule has 0 amide bonds. The molecule has 0 unspecified atom stereocenters. The smallest absolute Gasteiger partial charge is 0.0118 e. The topological polar surface area (TPSA) is 0 Å². The molecule has 0 aliphatic heterocycles. The highest BCUT2D eigenvalue weighted by molar-refractivity contribution is 8.03. The average Bonchev–Trinajstić information content (AvgIpc) is 2.41. The Morgan fingerprint density at radius 3 is 2.61 bits per heavy atom. The van der Waals surface area contributed by atoms with E-state index in [4.69, 9.17) is 0 Å². The Kier molecular flexibility index (Phi) is 8.41. The third-order valence-electron chi connectivity index (χ3n) is 2.78. The van der Waals surface area contributed by atoms with Gasteiger partial charge < -0.3 is 0 Å². The van der Waals surface area contributed by atoms with Gasteiger partial charge in [0.05, 0.1) is 0 Å². The normalized spacial score (nSPS) is 11.5. The van der Waals surface area contributed by atoms with Gasteiger partial charge in [-0.1, -0.05) is 68.3 Å². The summed E-state index contributed by atoms with van der Waals surface area (Å²) in [6.07, 6.45) is 11.8. The highest BCUT2D eigenvalue weighted by Crippen LogP contribution is 2.30. The van der Waals surface area contributed by atoms with Gasteiger partial charge in [0.1, 0.15) is 0 Å². The molecule has 0 bridgehead atoms. The minimum absolute atomic E-state index is 0.975. The molecule has 1 heteroatoms. The lowest BCUT2D eigenvalue weighted by Crippen LogP contribution is -1.82. The average molecular weight is 260 g/mol. The molecule has 0 spiro atoms. The lowest BCUT2D eigenvalue weighted by atomic mass is 10.1. The van der Waals surface area contributed by atoms with E-state index in [9.17, 15) is 0 Å². The van der Waals surface area contributed by atoms with Crippen molar-refractivity contribution < 1.29 is 0 Å². The van der Waals surface area contributed by atoms with Crippen LogP contribution >= 0.6 is 11.8 Å². The largest absolute Gasteiger partial charge is 0.103 e. The van der Waals surface area contributed by atoms with Gasteiger partial charge in [-0.25, -0.2) is 0 Å². The van der Waals surface area contributed by atoms with Crippen molar-refractivity contribution in [1.29, 1.82) is 0 Å². The standard InChI is InChI=1S/C17H24S/c1-3-5-7-9-13-16(12-6-4-2)18-17-14-10-8-11-15-17/h4,8,10-12,14-15H,2-3,5-7,9,13H2,1H3/b16-12+. The lowest BCUT2D eigenvalue weighted by Gasteiger charge is -2.07. The zero-order valence-electron chi connectivity index (χ0n) is 11.4. The van der Waals surface area contributed by atoms with Crippen molar-refractivity contribution in [2.75, 3.05) is 0 Å². The summed E-state index contributed by atoms with van der Waals surface area (Å²) in [6, 6.07) is 10.6. The van der Waals surface area contributed by atoms with Gasteiger partial charge in [-0.2, -0.15) is 0 Å². The molecule has 0 saturated heterocycles. The summed E-state index contributed by atoms with van der Waals surface area (Å²) >= 11 is 1.90. The Bertz CT molecular complexity index is 351. The molecular weight excluding hydrogens is 236 g/mol. The fourth-order valence-corrected chi connectivity index (χ4v) is 2.80. The van der Waals surface area contributed by atoms with Crippen LogP contribution < -0.4 is 0 Å². The van der Waals surface area contributed by atoms with Crippen molar-refractivity contribution in [2.24, 2.45) is 0 Å². The fourth-order valence-electron chi connectivity index (χ4n) is 1.78. The highest BCUT2D eigenvalue weighted by atomic mass is 32.2. The third-order valence-corrected chi connectivity index (χ3v) is 3.92. The lowest BCUT2D eigenvalue weighted by molar-refractivity contribution is 0.671. The maximum Gasteiger partial charge on any atom is 0.0118 e. The van der Waals surface area contributed by atoms with Crippen LogP contribution in [-0.2, 0) is 0 Å². The number of thioether (sulfide) groups is 1. The molecule has 0 aliphatic carbocycles. The second-order valence-corrected chi connectivity index (χ2v) is 5.62. The molecule has 0 heterocycles. The summed E-state index contributed by atoms with van der Waals surface area (Å²) in [4.78, 5) is 2.82. The molecule has 1 rings (SSSR count). The molecule has 0 fully saturated rings. The first-order valence-electron chi connectivity index (χ1n) is 6.89. The first-order valence-corrected chi connectivity index (χ1v) is 7.71. The van der Waals surface area contributed by atoms with E-state index in [-0.39, 0.29) is 0 Å². The molecule has 0 N–H and O–H groups in total. The predicted octanol–water partition coefficient (Wildman–Crippen LogP) is 6.21. The number of hydrogen-bond acceptors (Lipinski definition) is 1. The molecule has 0 atom stereocenters. The van der Waals surface area contributed by atoms with E-state index in [1.54, 1.807) is 0 Å². The highest BCUT2D eigenvalue weighted by Gasteiger charge is 2.00. The first kappa shape index (κ1) is 15.1. The van der Waals surface area contributed by atoms with Crippen molar-refractivity contribution in [3.8, 4) is 0 Å². The van der Waals surface area contributed by atoms with Crippen LogP contribution in [0.4, 0.5) is 0 Å². The molecular formula is C17H24S. The summed E-state index contributed by atoms with van der Waals surface area (Å²) in [5.74, 6) is 0. The summed E-state index contributed by atoms with van der Waals surface area (Å²) in [7, 11) is 0. The monoisotopic (exact) mass is 260 g/mol. The van der Waals surface area contributed by atoms with Crippen molar-refractivity contribution in [1.82, 2.24) is 0 Å². The number of benzene rings is 1. The Labute approximate surface area is 116 Å². The van der Waals surface area contributed by atoms with Crippen LogP contribution in [-0.4, -0.2) is 0 Å². The van der Waals surface area contributed by atoms with Crippen LogP contribution in [0.25, 0.3) is 0 Å². The third kappa shape index (κ3) is 6.70. The molecule has 18 heavy (non-hydrogen) atoms. The van der Waals surface area contributed by atoms with E-state index in [1.165, 1.54) is 41.9 Å². The van der Waals surface area contributed by atoms with E-state index in [2.05, 4.69) is 49.9 Å². The summed E-state index contributed by atoms with van der Waals surface area (Å²) in [5, 5.41) is 0. The van der Waals surface area contributed by atoms with E-state index in [0.29, 0.717) is 0 Å². The van der Waals surface area contributed by atoms with Crippen molar-refractivity contribution >= 4 is 11.8 Å². The van der Waals surface area contributed by atoms with Crippen LogP contribution in [0.1, 0.15) is 45.4 Å². The van der Waals surface area contributed by atoms with Gasteiger partial charge in [0.25, 0.3) is 0 Å². The van der Waals surface area contributed by atoms with Crippen LogP contribution in [0.3, 0.4) is 0 Å². The maximum absolute atomic E-state index is 3.80. The van der Waals surface area contributed by atoms with Crippen molar-refractivity contribution in [2.45, 2.75) is 50.3 Å². The van der Waals surface area contributed by atoms with E-state index in [1.807, 2.05) is 17.8 Å². The molecule has 0 saturated carbocycles. The predicted molar refractivity (Wildman–Crippen MR) is 84.0 cm³/mol. The first-order chi connectivity index (χ1) is 8.86. The van der Waals surface area contributed by atoms with Gasteiger partial charge in [0, 0.05) is 4.90 Å². The van der Waals surface area contributed by atoms with E-state index < -0.39 is 0 Å². The maximum atomic E-state index is 3.80. The van der Waals surface area contributed by atoms with E-state index in [0.717, 1.165) is 6.42 Å². The number of unbranched alkanes of at least 4 members (excludes halogenated alkanes) is 3. The minimum atomic E-state index is 0.975. The van der Waals surface area contributed by atoms with Crippen LogP contribution in [0, 0.1) is 0 Å². The van der Waals surface area contributed by atoms with Crippen LogP contribution in [0.2, 0.25) is 0 Å². The second kappa shape index (κ2) is 10.0. The molecule has 0 nitrogen and oxygen atoms in total. The Hall–Kier alpha value is -0.950. The molecule has 1 aromatic carbocycles.